The molecular weight excluding hydrogens is 547 g/mol. The largest absolute Gasteiger partial charge is 0.469 e. The molecule has 10 heteroatoms. The first kappa shape index (κ1) is 37.3. The van der Waals surface area contributed by atoms with Gasteiger partial charge in [-0.3, -0.25) is 14.1 Å². The summed E-state index contributed by atoms with van der Waals surface area (Å²) >= 11 is 0. The molecule has 0 spiro atoms. The highest BCUT2D eigenvalue weighted by molar-refractivity contribution is 7.46. The summed E-state index contributed by atoms with van der Waals surface area (Å²) in [5, 5.41) is 0. The average Bonchev–Trinajstić information content (AvgIpc) is 3.68. The summed E-state index contributed by atoms with van der Waals surface area (Å²) in [7, 11) is -4.75. The van der Waals surface area contributed by atoms with Crippen LogP contribution in [0.3, 0.4) is 0 Å². The first-order chi connectivity index (χ1) is 19.7. The number of hydrogen-bond acceptors (Lipinski definition) is 7. The smallest absolute Gasteiger partial charge is 0.462 e. The van der Waals surface area contributed by atoms with E-state index in [1.807, 2.05) is 12.2 Å². The maximum absolute atomic E-state index is 12.2. The molecular formula is C31H53O9P. The second-order valence-electron chi connectivity index (χ2n) is 10.5. The standard InChI is InChI=1S/C31H53O9P/c1-3-5-7-9-14-17-21-28-29(40-28)22-18-15-11-10-12-16-20-24-31(33)39-27(26-38-41(34,35)36)25-37-30(32)23-19-13-8-6-4-2/h10,12,14-15,17-18,27-29H,3-9,11,13,16,19-26H2,1-2H3,(H2,34,35,36)/b12-10-,17-14-,18-15-/t27-,28?,29?/m1/s1. The maximum Gasteiger partial charge on any atom is 0.469 e. The van der Waals surface area contributed by atoms with E-state index in [0.29, 0.717) is 31.5 Å². The minimum atomic E-state index is -4.75. The fourth-order valence-corrected chi connectivity index (χ4v) is 4.47. The Morgan fingerprint density at radius 3 is 2.05 bits per heavy atom. The van der Waals surface area contributed by atoms with Gasteiger partial charge in [0.15, 0.2) is 6.10 Å². The van der Waals surface area contributed by atoms with Crippen molar-refractivity contribution >= 4 is 19.8 Å². The minimum Gasteiger partial charge on any atom is -0.462 e. The summed E-state index contributed by atoms with van der Waals surface area (Å²) in [6, 6.07) is 0. The summed E-state index contributed by atoms with van der Waals surface area (Å²) in [6.45, 7) is 3.45. The van der Waals surface area contributed by atoms with E-state index in [1.54, 1.807) is 0 Å². The van der Waals surface area contributed by atoms with Crippen LogP contribution >= 0.6 is 7.82 Å². The normalized spacial score (nSPS) is 18.0. The molecule has 41 heavy (non-hydrogen) atoms. The predicted octanol–water partition coefficient (Wildman–Crippen LogP) is 7.27. The van der Waals surface area contributed by atoms with E-state index in [2.05, 4.69) is 42.7 Å². The van der Waals surface area contributed by atoms with E-state index >= 15 is 0 Å². The summed E-state index contributed by atoms with van der Waals surface area (Å²) in [4.78, 5) is 42.1. The van der Waals surface area contributed by atoms with Gasteiger partial charge in [-0.25, -0.2) is 4.57 Å². The van der Waals surface area contributed by atoms with Gasteiger partial charge in [0.05, 0.1) is 18.8 Å². The molecule has 236 valence electrons. The molecule has 0 amide bonds. The maximum atomic E-state index is 12.2. The van der Waals surface area contributed by atoms with Crippen molar-refractivity contribution in [2.75, 3.05) is 13.2 Å². The van der Waals surface area contributed by atoms with Crippen LogP contribution in [0.5, 0.6) is 0 Å². The lowest BCUT2D eigenvalue weighted by molar-refractivity contribution is -0.161. The number of phosphoric ester groups is 1. The summed E-state index contributed by atoms with van der Waals surface area (Å²) in [6.07, 6.45) is 26.7. The van der Waals surface area contributed by atoms with Gasteiger partial charge in [0.25, 0.3) is 0 Å². The zero-order valence-corrected chi connectivity index (χ0v) is 26.0. The quantitative estimate of drug-likeness (QED) is 0.0346. The molecule has 0 aromatic heterocycles. The molecule has 1 heterocycles. The zero-order chi connectivity index (χ0) is 30.2. The Morgan fingerprint density at radius 1 is 0.756 bits per heavy atom. The number of epoxide rings is 1. The highest BCUT2D eigenvalue weighted by Gasteiger charge is 2.35. The number of allylic oxidation sites excluding steroid dienone is 4. The Bertz CT molecular complexity index is 833. The highest BCUT2D eigenvalue weighted by Crippen LogP contribution is 2.36. The molecule has 0 aromatic rings. The van der Waals surface area contributed by atoms with Crippen molar-refractivity contribution in [1.82, 2.24) is 0 Å². The molecule has 0 aromatic carbocycles. The molecule has 1 saturated heterocycles. The Morgan fingerprint density at radius 2 is 1.34 bits per heavy atom. The molecule has 0 bridgehead atoms. The van der Waals surface area contributed by atoms with Crippen molar-refractivity contribution in [1.29, 1.82) is 0 Å². The van der Waals surface area contributed by atoms with Crippen LogP contribution in [0.1, 0.15) is 117 Å². The van der Waals surface area contributed by atoms with Gasteiger partial charge < -0.3 is 24.0 Å². The van der Waals surface area contributed by atoms with Crippen LogP contribution in [0.2, 0.25) is 0 Å². The number of ether oxygens (including phenoxy) is 3. The van der Waals surface area contributed by atoms with Gasteiger partial charge >= 0.3 is 19.8 Å². The predicted molar refractivity (Wildman–Crippen MR) is 160 cm³/mol. The molecule has 2 unspecified atom stereocenters. The van der Waals surface area contributed by atoms with Gasteiger partial charge in [0.2, 0.25) is 0 Å². The summed E-state index contributed by atoms with van der Waals surface area (Å²) in [5.74, 6) is -0.976. The zero-order valence-electron chi connectivity index (χ0n) is 25.1. The lowest BCUT2D eigenvalue weighted by Gasteiger charge is -2.18. The first-order valence-electron chi connectivity index (χ1n) is 15.4. The topological polar surface area (TPSA) is 132 Å². The summed E-state index contributed by atoms with van der Waals surface area (Å²) in [5.41, 5.74) is 0. The average molecular weight is 601 g/mol. The van der Waals surface area contributed by atoms with Crippen molar-refractivity contribution < 1.29 is 42.7 Å². The SMILES string of the molecule is CCCCC/C=C\CC1OC1C/C=C\C/C=C\CCCC(=O)O[C@H](COC(=O)CCCCCCC)COP(=O)(O)O. The monoisotopic (exact) mass is 600 g/mol. The minimum absolute atomic E-state index is 0.130. The molecule has 1 aliphatic rings. The number of hydrogen-bond donors (Lipinski definition) is 2. The molecule has 0 saturated carbocycles. The Hall–Kier alpha value is -1.77. The number of carbonyl (C=O) groups is 2. The van der Waals surface area contributed by atoms with Crippen molar-refractivity contribution in [3.05, 3.63) is 36.5 Å². The molecule has 2 N–H and O–H groups in total. The number of rotatable bonds is 26. The number of carbonyl (C=O) groups excluding carboxylic acids is 2. The third-order valence-corrected chi connectivity index (χ3v) is 7.05. The van der Waals surface area contributed by atoms with Crippen LogP contribution in [0.4, 0.5) is 0 Å². The van der Waals surface area contributed by atoms with E-state index in [-0.39, 0.29) is 19.4 Å². The lowest BCUT2D eigenvalue weighted by Crippen LogP contribution is -2.29. The van der Waals surface area contributed by atoms with Gasteiger partial charge in [0.1, 0.15) is 6.61 Å². The van der Waals surface area contributed by atoms with E-state index in [1.165, 1.54) is 19.3 Å². The Balaban J connectivity index is 2.18. The number of esters is 2. The number of unbranched alkanes of at least 4 members (excludes halogenated alkanes) is 8. The van der Waals surface area contributed by atoms with Crippen LogP contribution in [0.25, 0.3) is 0 Å². The first-order valence-corrected chi connectivity index (χ1v) is 16.9. The van der Waals surface area contributed by atoms with Crippen molar-refractivity contribution in [3.63, 3.8) is 0 Å². The fourth-order valence-electron chi connectivity index (χ4n) is 4.11. The fraction of sp³-hybridized carbons (Fsp3) is 0.742. The van der Waals surface area contributed by atoms with E-state index in [9.17, 15) is 14.2 Å². The van der Waals surface area contributed by atoms with Gasteiger partial charge in [-0.1, -0.05) is 88.8 Å². The molecule has 0 aliphatic carbocycles. The molecule has 1 rings (SSSR count). The van der Waals surface area contributed by atoms with E-state index < -0.39 is 32.5 Å². The molecule has 3 atom stereocenters. The van der Waals surface area contributed by atoms with Gasteiger partial charge in [-0.15, -0.1) is 0 Å². The molecule has 1 fully saturated rings. The van der Waals surface area contributed by atoms with Gasteiger partial charge in [0, 0.05) is 12.8 Å². The molecule has 1 aliphatic heterocycles. The van der Waals surface area contributed by atoms with Crippen LogP contribution in [0, 0.1) is 0 Å². The van der Waals surface area contributed by atoms with Gasteiger partial charge in [-0.05, 0) is 51.4 Å². The van der Waals surface area contributed by atoms with Crippen molar-refractivity contribution in [3.8, 4) is 0 Å². The second-order valence-corrected chi connectivity index (χ2v) is 11.7. The Labute approximate surface area is 247 Å². The third-order valence-electron chi connectivity index (χ3n) is 6.56. The third kappa shape index (κ3) is 23.5. The molecule has 9 nitrogen and oxygen atoms in total. The highest BCUT2D eigenvalue weighted by atomic mass is 31.2. The van der Waals surface area contributed by atoms with E-state index in [0.717, 1.165) is 51.4 Å². The van der Waals surface area contributed by atoms with Crippen LogP contribution < -0.4 is 0 Å². The van der Waals surface area contributed by atoms with Crippen LogP contribution in [-0.4, -0.2) is 53.3 Å². The summed E-state index contributed by atoms with van der Waals surface area (Å²) < 4.78 is 31.6. The second kappa shape index (κ2) is 23.8. The van der Waals surface area contributed by atoms with Crippen LogP contribution in [-0.2, 0) is 32.9 Å². The molecule has 0 radical (unpaired) electrons. The van der Waals surface area contributed by atoms with Crippen molar-refractivity contribution in [2.45, 2.75) is 135 Å². The van der Waals surface area contributed by atoms with E-state index in [4.69, 9.17) is 24.0 Å². The van der Waals surface area contributed by atoms with Crippen LogP contribution in [0.15, 0.2) is 36.5 Å². The van der Waals surface area contributed by atoms with Gasteiger partial charge in [-0.2, -0.15) is 0 Å². The van der Waals surface area contributed by atoms with Crippen molar-refractivity contribution in [2.24, 2.45) is 0 Å². The lowest BCUT2D eigenvalue weighted by atomic mass is 10.1. The Kier molecular flexibility index (Phi) is 21.6. The number of phosphoric acid groups is 1.